The lowest BCUT2D eigenvalue weighted by atomic mass is 9.93. The molecule has 0 atom stereocenters. The molecular formula is C14H19N3. The third-order valence-electron chi connectivity index (χ3n) is 2.90. The minimum absolute atomic E-state index is 0.0828. The fourth-order valence-electron chi connectivity index (χ4n) is 1.73. The number of imidazole rings is 1. The molecule has 0 aliphatic heterocycles. The lowest BCUT2D eigenvalue weighted by molar-refractivity contribution is 0.573. The second-order valence-electron chi connectivity index (χ2n) is 5.47. The van der Waals surface area contributed by atoms with Crippen LogP contribution in [0.3, 0.4) is 0 Å². The summed E-state index contributed by atoms with van der Waals surface area (Å²) in [5.41, 5.74) is 10.0. The Hall–Kier alpha value is -1.77. The van der Waals surface area contributed by atoms with E-state index in [0.29, 0.717) is 0 Å². The van der Waals surface area contributed by atoms with Crippen LogP contribution in [0, 0.1) is 6.92 Å². The maximum Gasteiger partial charge on any atom is 0.137 e. The lowest BCUT2D eigenvalue weighted by Gasteiger charge is -2.15. The van der Waals surface area contributed by atoms with E-state index in [1.54, 1.807) is 0 Å². The van der Waals surface area contributed by atoms with Crippen molar-refractivity contribution in [2.24, 2.45) is 0 Å². The SMILES string of the molecule is Cc1ccc(N)cc1-c1ncc(C(C)(C)C)[nH]1. The van der Waals surface area contributed by atoms with Gasteiger partial charge in [0, 0.05) is 28.6 Å². The maximum absolute atomic E-state index is 5.82. The summed E-state index contributed by atoms with van der Waals surface area (Å²) >= 11 is 0. The van der Waals surface area contributed by atoms with Gasteiger partial charge in [0.2, 0.25) is 0 Å². The van der Waals surface area contributed by atoms with Crippen LogP contribution in [-0.4, -0.2) is 9.97 Å². The highest BCUT2D eigenvalue weighted by Gasteiger charge is 2.17. The quantitative estimate of drug-likeness (QED) is 0.737. The number of rotatable bonds is 1. The Kier molecular flexibility index (Phi) is 2.69. The molecule has 0 amide bonds. The van der Waals surface area contributed by atoms with Crippen LogP contribution in [0.25, 0.3) is 11.4 Å². The average molecular weight is 229 g/mol. The van der Waals surface area contributed by atoms with E-state index in [0.717, 1.165) is 22.8 Å². The molecule has 0 aliphatic rings. The normalized spacial score (nSPS) is 11.8. The fourth-order valence-corrected chi connectivity index (χ4v) is 1.73. The summed E-state index contributed by atoms with van der Waals surface area (Å²) in [5.74, 6) is 0.889. The first-order valence-corrected chi connectivity index (χ1v) is 5.80. The number of nitrogens with zero attached hydrogens (tertiary/aromatic N) is 1. The van der Waals surface area contributed by atoms with Crippen molar-refractivity contribution in [3.63, 3.8) is 0 Å². The van der Waals surface area contributed by atoms with E-state index in [4.69, 9.17) is 5.73 Å². The van der Waals surface area contributed by atoms with Gasteiger partial charge in [-0.05, 0) is 24.6 Å². The van der Waals surface area contributed by atoms with Gasteiger partial charge in [-0.25, -0.2) is 4.98 Å². The van der Waals surface area contributed by atoms with Crippen LogP contribution < -0.4 is 5.73 Å². The van der Waals surface area contributed by atoms with Crippen LogP contribution in [0.1, 0.15) is 32.0 Å². The molecule has 90 valence electrons. The summed E-state index contributed by atoms with van der Waals surface area (Å²) in [6.07, 6.45) is 1.90. The summed E-state index contributed by atoms with van der Waals surface area (Å²) in [7, 11) is 0. The largest absolute Gasteiger partial charge is 0.399 e. The number of benzene rings is 1. The van der Waals surface area contributed by atoms with Crippen LogP contribution in [0.5, 0.6) is 0 Å². The second kappa shape index (κ2) is 3.91. The van der Waals surface area contributed by atoms with E-state index in [2.05, 4.69) is 37.7 Å². The Morgan fingerprint density at radius 2 is 1.94 bits per heavy atom. The summed E-state index contributed by atoms with van der Waals surface area (Å²) in [4.78, 5) is 7.81. The van der Waals surface area contributed by atoms with E-state index in [1.165, 1.54) is 5.56 Å². The van der Waals surface area contributed by atoms with Crippen molar-refractivity contribution in [2.75, 3.05) is 5.73 Å². The molecule has 0 aliphatic carbocycles. The van der Waals surface area contributed by atoms with Gasteiger partial charge in [-0.3, -0.25) is 0 Å². The van der Waals surface area contributed by atoms with Crippen molar-refractivity contribution in [1.82, 2.24) is 9.97 Å². The van der Waals surface area contributed by atoms with Gasteiger partial charge in [0.15, 0.2) is 0 Å². The van der Waals surface area contributed by atoms with Crippen molar-refractivity contribution in [1.29, 1.82) is 0 Å². The number of hydrogen-bond donors (Lipinski definition) is 2. The number of aromatic nitrogens is 2. The number of aromatic amines is 1. The van der Waals surface area contributed by atoms with Crippen molar-refractivity contribution < 1.29 is 0 Å². The van der Waals surface area contributed by atoms with Gasteiger partial charge in [-0.15, -0.1) is 0 Å². The Bertz CT molecular complexity index is 533. The van der Waals surface area contributed by atoms with Crippen LogP contribution >= 0.6 is 0 Å². The maximum atomic E-state index is 5.82. The summed E-state index contributed by atoms with van der Waals surface area (Å²) in [6.45, 7) is 8.55. The molecule has 2 rings (SSSR count). The van der Waals surface area contributed by atoms with Gasteiger partial charge in [0.25, 0.3) is 0 Å². The van der Waals surface area contributed by atoms with Gasteiger partial charge in [0.1, 0.15) is 5.82 Å². The molecular weight excluding hydrogens is 210 g/mol. The molecule has 0 saturated carbocycles. The van der Waals surface area contributed by atoms with E-state index in [-0.39, 0.29) is 5.41 Å². The number of nitrogen functional groups attached to an aromatic ring is 1. The van der Waals surface area contributed by atoms with Crippen molar-refractivity contribution in [3.05, 3.63) is 35.7 Å². The first kappa shape index (κ1) is 11.7. The summed E-state index contributed by atoms with van der Waals surface area (Å²) in [6, 6.07) is 5.89. The number of aryl methyl sites for hydroxylation is 1. The highest BCUT2D eigenvalue weighted by molar-refractivity contribution is 5.65. The van der Waals surface area contributed by atoms with E-state index in [1.807, 2.05) is 24.4 Å². The topological polar surface area (TPSA) is 54.7 Å². The predicted octanol–water partition coefficient (Wildman–Crippen LogP) is 3.26. The molecule has 0 bridgehead atoms. The molecule has 17 heavy (non-hydrogen) atoms. The molecule has 2 aromatic rings. The van der Waals surface area contributed by atoms with E-state index < -0.39 is 0 Å². The smallest absolute Gasteiger partial charge is 0.137 e. The van der Waals surface area contributed by atoms with Gasteiger partial charge >= 0.3 is 0 Å². The van der Waals surface area contributed by atoms with Crippen LogP contribution in [0.2, 0.25) is 0 Å². The first-order chi connectivity index (χ1) is 7.88. The number of nitrogens with one attached hydrogen (secondary N) is 1. The van der Waals surface area contributed by atoms with Gasteiger partial charge in [-0.1, -0.05) is 26.8 Å². The molecule has 3 N–H and O–H groups in total. The Morgan fingerprint density at radius 3 is 2.53 bits per heavy atom. The monoisotopic (exact) mass is 229 g/mol. The molecule has 0 saturated heterocycles. The zero-order chi connectivity index (χ0) is 12.6. The summed E-state index contributed by atoms with van der Waals surface area (Å²) < 4.78 is 0. The predicted molar refractivity (Wildman–Crippen MR) is 71.9 cm³/mol. The zero-order valence-corrected chi connectivity index (χ0v) is 10.8. The minimum atomic E-state index is 0.0828. The van der Waals surface area contributed by atoms with E-state index in [9.17, 15) is 0 Å². The second-order valence-corrected chi connectivity index (χ2v) is 5.47. The zero-order valence-electron chi connectivity index (χ0n) is 10.8. The molecule has 1 aromatic heterocycles. The molecule has 0 spiro atoms. The Balaban J connectivity index is 2.47. The van der Waals surface area contributed by atoms with Crippen molar-refractivity contribution >= 4 is 5.69 Å². The van der Waals surface area contributed by atoms with Crippen LogP contribution in [-0.2, 0) is 5.41 Å². The molecule has 1 heterocycles. The lowest BCUT2D eigenvalue weighted by Crippen LogP contribution is -2.11. The molecule has 1 aromatic carbocycles. The Labute approximate surface area is 102 Å². The van der Waals surface area contributed by atoms with Gasteiger partial charge in [-0.2, -0.15) is 0 Å². The fraction of sp³-hybridized carbons (Fsp3) is 0.357. The average Bonchev–Trinajstić information content (AvgIpc) is 2.70. The van der Waals surface area contributed by atoms with Crippen LogP contribution in [0.4, 0.5) is 5.69 Å². The van der Waals surface area contributed by atoms with Gasteiger partial charge < -0.3 is 10.7 Å². The third-order valence-corrected chi connectivity index (χ3v) is 2.90. The van der Waals surface area contributed by atoms with Gasteiger partial charge in [0.05, 0.1) is 0 Å². The number of H-pyrrole nitrogens is 1. The molecule has 0 unspecified atom stereocenters. The van der Waals surface area contributed by atoms with Crippen molar-refractivity contribution in [3.8, 4) is 11.4 Å². The number of anilines is 1. The van der Waals surface area contributed by atoms with Crippen LogP contribution in [0.15, 0.2) is 24.4 Å². The highest BCUT2D eigenvalue weighted by atomic mass is 14.9. The number of hydrogen-bond acceptors (Lipinski definition) is 2. The minimum Gasteiger partial charge on any atom is -0.399 e. The number of nitrogens with two attached hydrogens (primary N) is 1. The summed E-state index contributed by atoms with van der Waals surface area (Å²) in [5, 5.41) is 0. The van der Waals surface area contributed by atoms with Crippen molar-refractivity contribution in [2.45, 2.75) is 33.1 Å². The standard InChI is InChI=1S/C14H19N3/c1-9-5-6-10(15)7-11(9)13-16-8-12(17-13)14(2,3)4/h5-8H,15H2,1-4H3,(H,16,17). The van der Waals surface area contributed by atoms with E-state index >= 15 is 0 Å². The Morgan fingerprint density at radius 1 is 1.24 bits per heavy atom. The molecule has 3 heteroatoms. The molecule has 0 fully saturated rings. The third kappa shape index (κ3) is 2.33. The highest BCUT2D eigenvalue weighted by Crippen LogP contribution is 2.26. The first-order valence-electron chi connectivity index (χ1n) is 5.80. The molecule has 3 nitrogen and oxygen atoms in total. The molecule has 0 radical (unpaired) electrons.